The molecule has 2 aliphatic heterocycles. The molecule has 0 saturated carbocycles. The summed E-state index contributed by atoms with van der Waals surface area (Å²) in [5.74, 6) is -1.94. The Kier molecular flexibility index (Phi) is 5.95. The van der Waals surface area contributed by atoms with Crippen LogP contribution in [0.15, 0.2) is 16.4 Å². The van der Waals surface area contributed by atoms with Crippen molar-refractivity contribution in [2.75, 3.05) is 16.8 Å². The van der Waals surface area contributed by atoms with Gasteiger partial charge in [-0.3, -0.25) is 19.3 Å². The number of aryl methyl sites for hydroxylation is 1. The highest BCUT2D eigenvalue weighted by Gasteiger charge is 2.65. The minimum absolute atomic E-state index is 0.0742. The van der Waals surface area contributed by atoms with Crippen LogP contribution >= 0.6 is 39.5 Å². The zero-order valence-corrected chi connectivity index (χ0v) is 17.5. The molecule has 1 saturated heterocycles. The number of rotatable bonds is 8. The molecule has 0 bridgehead atoms. The normalized spacial score (nSPS) is 23.7. The van der Waals surface area contributed by atoms with Gasteiger partial charge in [0, 0.05) is 18.6 Å². The van der Waals surface area contributed by atoms with Crippen molar-refractivity contribution >= 4 is 63.6 Å². The maximum absolute atomic E-state index is 12.8. The highest BCUT2D eigenvalue weighted by atomic mass is 79.9. The quantitative estimate of drug-likeness (QED) is 0.128. The molecule has 150 valence electrons. The number of aromatic nitrogens is 4. The zero-order chi connectivity index (χ0) is 20.5. The predicted molar refractivity (Wildman–Crippen MR) is 101 cm³/mol. The van der Waals surface area contributed by atoms with E-state index >= 15 is 0 Å². The van der Waals surface area contributed by atoms with Gasteiger partial charge in [-0.05, 0) is 16.0 Å². The number of β-lactam (4-membered cyclic amide) rings is 1. The van der Waals surface area contributed by atoms with Crippen molar-refractivity contribution in [3.63, 3.8) is 0 Å². The summed E-state index contributed by atoms with van der Waals surface area (Å²) in [6, 6.07) is 0. The van der Waals surface area contributed by atoms with Gasteiger partial charge < -0.3 is 15.7 Å². The second kappa shape index (κ2) is 8.08. The summed E-state index contributed by atoms with van der Waals surface area (Å²) in [4.78, 5) is 48.6. The van der Waals surface area contributed by atoms with Crippen LogP contribution in [-0.4, -0.2) is 82.3 Å². The molecular weight excluding hydrogens is 478 g/mol. The summed E-state index contributed by atoms with van der Waals surface area (Å²) in [7, 11) is 1.66. The van der Waals surface area contributed by atoms with Gasteiger partial charge in [-0.15, -0.1) is 16.9 Å². The molecule has 2 aliphatic rings. The number of halogens is 1. The number of hydrogen-bond acceptors (Lipinski definition) is 9. The fourth-order valence-corrected chi connectivity index (χ4v) is 5.41. The third kappa shape index (κ3) is 3.37. The SMILES string of the molecule is Cn1nnnc1SCC1=C(C(=O)O)N2C(=O)[C@@](NC=O)(NC(=O)CBr)[C@@H]2SC1. The second-order valence-electron chi connectivity index (χ2n) is 5.72. The summed E-state index contributed by atoms with van der Waals surface area (Å²) in [6.45, 7) is 0. The van der Waals surface area contributed by atoms with E-state index in [9.17, 15) is 24.3 Å². The van der Waals surface area contributed by atoms with Crippen LogP contribution in [0.2, 0.25) is 0 Å². The van der Waals surface area contributed by atoms with Gasteiger partial charge in [0.25, 0.3) is 5.91 Å². The monoisotopic (exact) mass is 491 g/mol. The first kappa shape index (κ1) is 20.6. The average Bonchev–Trinajstić information content (AvgIpc) is 3.09. The first-order valence-electron chi connectivity index (χ1n) is 7.69. The third-order valence-corrected chi connectivity index (χ3v) is 7.06. The van der Waals surface area contributed by atoms with Crippen LogP contribution < -0.4 is 10.6 Å². The minimum atomic E-state index is -1.68. The fraction of sp³-hybridized carbons (Fsp3) is 0.462. The highest BCUT2D eigenvalue weighted by Crippen LogP contribution is 2.45. The lowest BCUT2D eigenvalue weighted by Gasteiger charge is -2.56. The summed E-state index contributed by atoms with van der Waals surface area (Å²) >= 11 is 5.47. The lowest BCUT2D eigenvalue weighted by atomic mass is 9.95. The Bertz CT molecular complexity index is 877. The van der Waals surface area contributed by atoms with Gasteiger partial charge in [-0.25, -0.2) is 9.48 Å². The zero-order valence-electron chi connectivity index (χ0n) is 14.3. The summed E-state index contributed by atoms with van der Waals surface area (Å²) in [5, 5.41) is 25.2. The van der Waals surface area contributed by atoms with E-state index in [1.807, 2.05) is 0 Å². The molecule has 1 fully saturated rings. The van der Waals surface area contributed by atoms with Crippen molar-refractivity contribution in [1.29, 1.82) is 0 Å². The minimum Gasteiger partial charge on any atom is -0.477 e. The van der Waals surface area contributed by atoms with E-state index in [0.717, 1.165) is 4.90 Å². The molecule has 1 aromatic rings. The van der Waals surface area contributed by atoms with Crippen molar-refractivity contribution in [2.24, 2.45) is 7.05 Å². The molecule has 3 amide bonds. The van der Waals surface area contributed by atoms with E-state index in [1.54, 1.807) is 7.05 Å². The molecule has 0 aromatic carbocycles. The smallest absolute Gasteiger partial charge is 0.352 e. The Labute approximate surface area is 175 Å². The summed E-state index contributed by atoms with van der Waals surface area (Å²) in [5.41, 5.74) is -1.32. The Balaban J connectivity index is 1.88. The van der Waals surface area contributed by atoms with Crippen LogP contribution in [0, 0.1) is 0 Å². The average molecular weight is 492 g/mol. The lowest BCUT2D eigenvalue weighted by molar-refractivity contribution is -0.162. The highest BCUT2D eigenvalue weighted by molar-refractivity contribution is 9.09. The van der Waals surface area contributed by atoms with Gasteiger partial charge in [0.2, 0.25) is 23.1 Å². The Morgan fingerprint density at radius 2 is 2.29 bits per heavy atom. The molecule has 2 atom stereocenters. The first-order valence-corrected chi connectivity index (χ1v) is 10.8. The Morgan fingerprint density at radius 1 is 1.54 bits per heavy atom. The number of carboxylic acid groups (broad SMARTS) is 1. The Hall–Kier alpha value is -2.13. The van der Waals surface area contributed by atoms with Crippen molar-refractivity contribution < 1.29 is 24.3 Å². The number of aliphatic carboxylic acids is 1. The molecule has 0 unspecified atom stereocenters. The van der Waals surface area contributed by atoms with Crippen LogP contribution in [0.1, 0.15) is 0 Å². The van der Waals surface area contributed by atoms with Gasteiger partial charge in [-0.2, -0.15) is 0 Å². The van der Waals surface area contributed by atoms with Crippen LogP contribution in [-0.2, 0) is 26.2 Å². The molecule has 0 aliphatic carbocycles. The number of carbonyl (C=O) groups excluding carboxylic acids is 3. The number of nitrogens with zero attached hydrogens (tertiary/aromatic N) is 5. The van der Waals surface area contributed by atoms with Crippen molar-refractivity contribution in [1.82, 2.24) is 35.7 Å². The molecule has 15 heteroatoms. The molecule has 1 aromatic heterocycles. The predicted octanol–water partition coefficient (Wildman–Crippen LogP) is -1.49. The van der Waals surface area contributed by atoms with E-state index in [1.165, 1.54) is 28.2 Å². The van der Waals surface area contributed by atoms with E-state index in [0.29, 0.717) is 22.9 Å². The maximum Gasteiger partial charge on any atom is 0.352 e. The molecule has 0 spiro atoms. The van der Waals surface area contributed by atoms with Gasteiger partial charge in [0.1, 0.15) is 11.1 Å². The molecule has 12 nitrogen and oxygen atoms in total. The molecule has 0 radical (unpaired) electrons. The third-order valence-electron chi connectivity index (χ3n) is 4.06. The largest absolute Gasteiger partial charge is 0.477 e. The molecule has 3 heterocycles. The van der Waals surface area contributed by atoms with E-state index in [2.05, 4.69) is 42.1 Å². The van der Waals surface area contributed by atoms with Gasteiger partial charge in [0.15, 0.2) is 0 Å². The van der Waals surface area contributed by atoms with E-state index < -0.39 is 28.8 Å². The number of carboxylic acids is 1. The van der Waals surface area contributed by atoms with Crippen LogP contribution in [0.4, 0.5) is 0 Å². The van der Waals surface area contributed by atoms with Crippen molar-refractivity contribution in [2.45, 2.75) is 16.2 Å². The number of carbonyl (C=O) groups is 4. The maximum atomic E-state index is 12.8. The topological polar surface area (TPSA) is 159 Å². The Morgan fingerprint density at radius 3 is 2.86 bits per heavy atom. The molecule has 28 heavy (non-hydrogen) atoms. The molecule has 3 rings (SSSR count). The number of amides is 3. The fourth-order valence-electron chi connectivity index (χ4n) is 2.86. The van der Waals surface area contributed by atoms with Crippen molar-refractivity contribution in [3.8, 4) is 0 Å². The summed E-state index contributed by atoms with van der Waals surface area (Å²) < 4.78 is 1.45. The first-order chi connectivity index (χ1) is 13.4. The van der Waals surface area contributed by atoms with Crippen LogP contribution in [0.25, 0.3) is 0 Å². The van der Waals surface area contributed by atoms with Gasteiger partial charge >= 0.3 is 5.97 Å². The van der Waals surface area contributed by atoms with Gasteiger partial charge in [0.05, 0.1) is 5.33 Å². The number of nitrogens with one attached hydrogen (secondary N) is 2. The van der Waals surface area contributed by atoms with E-state index in [-0.39, 0.29) is 16.8 Å². The van der Waals surface area contributed by atoms with Gasteiger partial charge in [-0.1, -0.05) is 27.7 Å². The van der Waals surface area contributed by atoms with E-state index in [4.69, 9.17) is 0 Å². The number of alkyl halides is 1. The number of tetrazole rings is 1. The van der Waals surface area contributed by atoms with Crippen LogP contribution in [0.5, 0.6) is 0 Å². The standard InChI is InChI=1S/C13H14BrN7O5S2/c1-20-12(17-18-19-20)28-4-6-3-27-11-13(15-5-22,16-7(23)2-14)10(26)21(11)8(6)9(24)25/h5,11H,2-4H2,1H3,(H,15,22)(H,16,23)(H,24,25)/t11-,13+/m0/s1. The second-order valence-corrected chi connectivity index (χ2v) is 8.29. The number of thioether (sulfide) groups is 2. The molecule has 3 N–H and O–H groups in total. The number of hydrogen-bond donors (Lipinski definition) is 3. The summed E-state index contributed by atoms with van der Waals surface area (Å²) in [6.07, 6.45) is 0.306. The molecular formula is C13H14BrN7O5S2. The lowest BCUT2D eigenvalue weighted by Crippen LogP contribution is -2.85. The van der Waals surface area contributed by atoms with Crippen LogP contribution in [0.3, 0.4) is 0 Å². The number of fused-ring (bicyclic) bond motifs is 1. The van der Waals surface area contributed by atoms with Crippen molar-refractivity contribution in [3.05, 3.63) is 11.3 Å².